The highest BCUT2D eigenvalue weighted by Crippen LogP contribution is 2.29. The quantitative estimate of drug-likeness (QED) is 0.342. The highest BCUT2D eigenvalue weighted by atomic mass is 35.5. The van der Waals surface area contributed by atoms with Crippen molar-refractivity contribution in [1.82, 2.24) is 19.2 Å². The van der Waals surface area contributed by atoms with Gasteiger partial charge in [-0.2, -0.15) is 9.50 Å². The predicted molar refractivity (Wildman–Crippen MR) is 134 cm³/mol. The van der Waals surface area contributed by atoms with Crippen LogP contribution < -0.4 is 15.6 Å². The maximum Gasteiger partial charge on any atom is 0.274 e. The first-order valence-electron chi connectivity index (χ1n) is 10.7. The van der Waals surface area contributed by atoms with Gasteiger partial charge >= 0.3 is 0 Å². The molecule has 2 aromatic heterocycles. The second kappa shape index (κ2) is 10.8. The molecule has 1 N–H and O–H groups in total. The van der Waals surface area contributed by atoms with Gasteiger partial charge in [-0.3, -0.25) is 14.3 Å². The summed E-state index contributed by atoms with van der Waals surface area (Å²) in [5.41, 5.74) is 1.12. The third-order valence-electron chi connectivity index (χ3n) is 4.77. The molecule has 0 spiro atoms. The number of rotatable bonds is 9. The first kappa shape index (κ1) is 23.8. The Hall–Kier alpha value is -3.30. The van der Waals surface area contributed by atoms with E-state index < -0.39 is 0 Å². The molecule has 0 bridgehead atoms. The zero-order chi connectivity index (χ0) is 24.1. The predicted octanol–water partition coefficient (Wildman–Crippen LogP) is 4.51. The average molecular weight is 498 g/mol. The lowest BCUT2D eigenvalue weighted by molar-refractivity contribution is -0.118. The number of para-hydroxylation sites is 1. The second-order valence-electron chi connectivity index (χ2n) is 8.03. The van der Waals surface area contributed by atoms with Crippen LogP contribution >= 0.6 is 23.4 Å². The summed E-state index contributed by atoms with van der Waals surface area (Å²) in [6.45, 7) is 4.71. The number of hydrogen-bond acceptors (Lipinski definition) is 6. The van der Waals surface area contributed by atoms with Crippen LogP contribution in [0.25, 0.3) is 5.78 Å². The van der Waals surface area contributed by atoms with E-state index in [0.717, 1.165) is 4.90 Å². The molecule has 4 rings (SSSR count). The highest BCUT2D eigenvalue weighted by molar-refractivity contribution is 7.98. The number of amides is 1. The van der Waals surface area contributed by atoms with Crippen molar-refractivity contribution in [2.24, 2.45) is 5.92 Å². The van der Waals surface area contributed by atoms with Gasteiger partial charge < -0.3 is 10.1 Å². The van der Waals surface area contributed by atoms with Crippen molar-refractivity contribution in [3.05, 3.63) is 82.0 Å². The lowest BCUT2D eigenvalue weighted by Gasteiger charge is -2.12. The molecule has 10 heteroatoms. The number of anilines is 1. The van der Waals surface area contributed by atoms with E-state index >= 15 is 0 Å². The van der Waals surface area contributed by atoms with Crippen molar-refractivity contribution < 1.29 is 9.53 Å². The molecule has 176 valence electrons. The number of thioether (sulfide) groups is 1. The maximum atomic E-state index is 12.7. The Morgan fingerprint density at radius 1 is 1.18 bits per heavy atom. The summed E-state index contributed by atoms with van der Waals surface area (Å²) in [7, 11) is 0. The molecule has 0 aliphatic carbocycles. The number of carbonyl (C=O) groups excluding carboxylic acids is 1. The van der Waals surface area contributed by atoms with E-state index in [4.69, 9.17) is 16.3 Å². The molecule has 2 aromatic carbocycles. The molecule has 0 aliphatic rings. The Morgan fingerprint density at radius 3 is 2.71 bits per heavy atom. The molecule has 0 atom stereocenters. The molecule has 8 nitrogen and oxygen atoms in total. The SMILES string of the molecule is CC(C)Cn1cnc2nc(CSc3ccccc3NC(=O)COc3ccc(Cl)cc3)cc(=O)n21. The number of hydrogen-bond donors (Lipinski definition) is 1. The molecule has 0 unspecified atom stereocenters. The molecule has 0 fully saturated rings. The second-order valence-corrected chi connectivity index (χ2v) is 9.49. The molecule has 0 radical (unpaired) electrons. The Kier molecular flexibility index (Phi) is 7.54. The van der Waals surface area contributed by atoms with E-state index in [1.54, 1.807) is 35.3 Å². The minimum atomic E-state index is -0.281. The van der Waals surface area contributed by atoms with Gasteiger partial charge in [0.15, 0.2) is 6.61 Å². The number of nitrogens with one attached hydrogen (secondary N) is 1. The van der Waals surface area contributed by atoms with E-state index in [2.05, 4.69) is 29.1 Å². The largest absolute Gasteiger partial charge is 0.484 e. The Balaban J connectivity index is 1.41. The summed E-state index contributed by atoms with van der Waals surface area (Å²) in [6.07, 6.45) is 1.64. The Morgan fingerprint density at radius 2 is 1.94 bits per heavy atom. The van der Waals surface area contributed by atoms with Gasteiger partial charge in [0.2, 0.25) is 0 Å². The van der Waals surface area contributed by atoms with Crippen LogP contribution in [0, 0.1) is 5.92 Å². The number of nitrogens with zero attached hydrogens (tertiary/aromatic N) is 4. The fraction of sp³-hybridized carbons (Fsp3) is 0.250. The molecule has 34 heavy (non-hydrogen) atoms. The van der Waals surface area contributed by atoms with E-state index in [0.29, 0.717) is 46.1 Å². The van der Waals surface area contributed by atoms with E-state index in [1.807, 2.05) is 24.3 Å². The first-order chi connectivity index (χ1) is 16.4. The molecule has 4 aromatic rings. The third kappa shape index (κ3) is 5.98. The maximum absolute atomic E-state index is 12.7. The van der Waals surface area contributed by atoms with Gasteiger partial charge in [0, 0.05) is 28.3 Å². The van der Waals surface area contributed by atoms with Gasteiger partial charge in [-0.25, -0.2) is 4.98 Å². The third-order valence-corrected chi connectivity index (χ3v) is 6.13. The van der Waals surface area contributed by atoms with E-state index in [1.165, 1.54) is 22.3 Å². The summed E-state index contributed by atoms with van der Waals surface area (Å²) >= 11 is 7.34. The summed E-state index contributed by atoms with van der Waals surface area (Å²) in [5.74, 6) is 1.49. The van der Waals surface area contributed by atoms with Gasteiger partial charge in [0.1, 0.15) is 12.1 Å². The number of ether oxygens (including phenoxy) is 1. The minimum Gasteiger partial charge on any atom is -0.484 e. The van der Waals surface area contributed by atoms with Crippen molar-refractivity contribution in [3.63, 3.8) is 0 Å². The number of carbonyl (C=O) groups is 1. The molecule has 2 heterocycles. The van der Waals surface area contributed by atoms with Gasteiger partial charge in [-0.1, -0.05) is 37.6 Å². The number of aromatic nitrogens is 4. The van der Waals surface area contributed by atoms with E-state index in [-0.39, 0.29) is 18.1 Å². The average Bonchev–Trinajstić information content (AvgIpc) is 3.20. The fourth-order valence-corrected chi connectivity index (χ4v) is 4.32. The van der Waals surface area contributed by atoms with Crippen LogP contribution in [0.4, 0.5) is 5.69 Å². The Labute approximate surface area is 205 Å². The highest BCUT2D eigenvalue weighted by Gasteiger charge is 2.12. The fourth-order valence-electron chi connectivity index (χ4n) is 3.30. The standard InChI is InChI=1S/C24H24ClN5O3S/c1-16(2)12-29-15-26-24-27-18(11-23(32)30(24)29)14-34-21-6-4-3-5-20(21)28-22(31)13-33-19-9-7-17(25)8-10-19/h3-11,15-16H,12-14H2,1-2H3,(H,28,31). The first-order valence-corrected chi connectivity index (χ1v) is 12.1. The smallest absolute Gasteiger partial charge is 0.274 e. The summed E-state index contributed by atoms with van der Waals surface area (Å²) in [5, 5.41) is 3.48. The Bertz CT molecular complexity index is 1350. The number of halogens is 1. The van der Waals surface area contributed by atoms with Crippen molar-refractivity contribution in [3.8, 4) is 5.75 Å². The van der Waals surface area contributed by atoms with Crippen LogP contribution in [0.5, 0.6) is 5.75 Å². The number of fused-ring (bicyclic) bond motifs is 1. The molecule has 0 aliphatic heterocycles. The monoisotopic (exact) mass is 497 g/mol. The summed E-state index contributed by atoms with van der Waals surface area (Å²) in [4.78, 5) is 34.8. The topological polar surface area (TPSA) is 90.5 Å². The van der Waals surface area contributed by atoms with Gasteiger partial charge in [0.25, 0.3) is 17.2 Å². The number of benzene rings is 2. The molecule has 0 saturated carbocycles. The lowest BCUT2D eigenvalue weighted by Crippen LogP contribution is -2.22. The molecule has 0 saturated heterocycles. The summed E-state index contributed by atoms with van der Waals surface area (Å²) in [6, 6.07) is 15.8. The minimum absolute atomic E-state index is 0.130. The van der Waals surface area contributed by atoms with Crippen LogP contribution in [-0.4, -0.2) is 31.7 Å². The van der Waals surface area contributed by atoms with Crippen LogP contribution in [0.1, 0.15) is 19.5 Å². The van der Waals surface area contributed by atoms with Gasteiger partial charge in [0.05, 0.1) is 11.4 Å². The van der Waals surface area contributed by atoms with Crippen LogP contribution in [0.2, 0.25) is 5.02 Å². The van der Waals surface area contributed by atoms with Crippen molar-refractivity contribution in [2.75, 3.05) is 11.9 Å². The van der Waals surface area contributed by atoms with E-state index in [9.17, 15) is 9.59 Å². The van der Waals surface area contributed by atoms with Crippen LogP contribution in [-0.2, 0) is 17.1 Å². The molecule has 1 amide bonds. The van der Waals surface area contributed by atoms with Gasteiger partial charge in [-0.05, 0) is 42.3 Å². The lowest BCUT2D eigenvalue weighted by atomic mass is 10.2. The molecular formula is C24H24ClN5O3S. The van der Waals surface area contributed by atoms with Crippen LogP contribution in [0.3, 0.4) is 0 Å². The van der Waals surface area contributed by atoms with Crippen molar-refractivity contribution in [1.29, 1.82) is 0 Å². The molecular weight excluding hydrogens is 474 g/mol. The normalized spacial score (nSPS) is 11.2. The van der Waals surface area contributed by atoms with Crippen molar-refractivity contribution >= 4 is 40.7 Å². The zero-order valence-corrected chi connectivity index (χ0v) is 20.3. The zero-order valence-electron chi connectivity index (χ0n) is 18.8. The van der Waals surface area contributed by atoms with Crippen LogP contribution in [0.15, 0.2) is 70.6 Å². The summed E-state index contributed by atoms with van der Waals surface area (Å²) < 4.78 is 8.78. The van der Waals surface area contributed by atoms with Crippen molar-refractivity contribution in [2.45, 2.75) is 31.0 Å². The van der Waals surface area contributed by atoms with Gasteiger partial charge in [-0.15, -0.1) is 11.8 Å².